The molecular formula is C19H31N3O3S. The number of hydrogen-bond donors (Lipinski definition) is 2. The standard InChI is InChI=1S/C19H31N3O3S/c1-13(2)16-11-15(5)12-17(14(3)4)18(16)20-19(23)21-26(24,25)22-9-7-6-8-10-22/h11-14H,6-10H2,1-5H3,(H2,20,21,23). The van der Waals surface area contributed by atoms with E-state index >= 15 is 0 Å². The van der Waals surface area contributed by atoms with Gasteiger partial charge in [0, 0.05) is 18.8 Å². The van der Waals surface area contributed by atoms with Gasteiger partial charge >= 0.3 is 16.2 Å². The molecule has 26 heavy (non-hydrogen) atoms. The Morgan fingerprint density at radius 3 is 1.96 bits per heavy atom. The largest absolute Gasteiger partial charge is 0.333 e. The van der Waals surface area contributed by atoms with Crippen molar-refractivity contribution >= 4 is 21.9 Å². The van der Waals surface area contributed by atoms with Gasteiger partial charge in [-0.25, -0.2) is 9.52 Å². The van der Waals surface area contributed by atoms with Crippen LogP contribution in [0.2, 0.25) is 0 Å². The number of aryl methyl sites for hydroxylation is 1. The van der Waals surface area contributed by atoms with E-state index in [0.29, 0.717) is 18.8 Å². The van der Waals surface area contributed by atoms with E-state index in [1.54, 1.807) is 0 Å². The van der Waals surface area contributed by atoms with E-state index in [1.807, 2.05) is 19.1 Å². The Morgan fingerprint density at radius 1 is 1.00 bits per heavy atom. The van der Waals surface area contributed by atoms with Gasteiger partial charge in [0.2, 0.25) is 0 Å². The molecule has 1 heterocycles. The SMILES string of the molecule is Cc1cc(C(C)C)c(NC(=O)NS(=O)(=O)N2CCCCC2)c(C(C)C)c1. The smallest absolute Gasteiger partial charge is 0.307 e. The van der Waals surface area contributed by atoms with Gasteiger partial charge in [-0.05, 0) is 42.7 Å². The summed E-state index contributed by atoms with van der Waals surface area (Å²) < 4.78 is 28.4. The normalized spacial score (nSPS) is 16.1. The molecule has 146 valence electrons. The predicted octanol–water partition coefficient (Wildman–Crippen LogP) is 4.09. The summed E-state index contributed by atoms with van der Waals surface area (Å²) in [6.07, 6.45) is 2.68. The lowest BCUT2D eigenvalue weighted by atomic mass is 9.90. The maximum atomic E-state index is 12.5. The highest BCUT2D eigenvalue weighted by atomic mass is 32.2. The number of hydrogen-bond acceptors (Lipinski definition) is 3. The Bertz CT molecular complexity index is 722. The summed E-state index contributed by atoms with van der Waals surface area (Å²) in [6, 6.07) is 3.39. The molecule has 0 saturated carbocycles. The maximum absolute atomic E-state index is 12.5. The number of nitrogens with zero attached hydrogens (tertiary/aromatic N) is 1. The number of nitrogens with one attached hydrogen (secondary N) is 2. The van der Waals surface area contributed by atoms with Crippen molar-refractivity contribution < 1.29 is 13.2 Å². The second kappa shape index (κ2) is 8.39. The molecule has 0 aromatic heterocycles. The molecule has 1 aromatic rings. The average molecular weight is 382 g/mol. The number of benzene rings is 1. The molecule has 7 heteroatoms. The quantitative estimate of drug-likeness (QED) is 0.806. The van der Waals surface area contributed by atoms with Crippen LogP contribution in [0.4, 0.5) is 10.5 Å². The van der Waals surface area contributed by atoms with Crippen molar-refractivity contribution in [2.45, 2.75) is 65.7 Å². The van der Waals surface area contributed by atoms with E-state index in [2.05, 4.69) is 37.7 Å². The van der Waals surface area contributed by atoms with E-state index in [-0.39, 0.29) is 11.8 Å². The first-order valence-corrected chi connectivity index (χ1v) is 10.8. The molecule has 1 aromatic carbocycles. The number of piperidine rings is 1. The zero-order valence-electron chi connectivity index (χ0n) is 16.4. The molecule has 0 radical (unpaired) electrons. The van der Waals surface area contributed by atoms with Gasteiger partial charge in [0.25, 0.3) is 0 Å². The number of carbonyl (C=O) groups is 1. The fraction of sp³-hybridized carbons (Fsp3) is 0.632. The molecule has 2 N–H and O–H groups in total. The highest BCUT2D eigenvalue weighted by molar-refractivity contribution is 7.87. The van der Waals surface area contributed by atoms with Crippen molar-refractivity contribution in [3.05, 3.63) is 28.8 Å². The van der Waals surface area contributed by atoms with Crippen molar-refractivity contribution in [3.63, 3.8) is 0 Å². The van der Waals surface area contributed by atoms with Crippen LogP contribution in [0.5, 0.6) is 0 Å². The third-order valence-corrected chi connectivity index (χ3v) is 6.19. The van der Waals surface area contributed by atoms with Crippen LogP contribution in [0, 0.1) is 6.92 Å². The summed E-state index contributed by atoms with van der Waals surface area (Å²) in [5, 5.41) is 2.81. The van der Waals surface area contributed by atoms with E-state index in [4.69, 9.17) is 0 Å². The van der Waals surface area contributed by atoms with Crippen LogP contribution >= 0.6 is 0 Å². The van der Waals surface area contributed by atoms with Crippen LogP contribution in [0.1, 0.15) is 75.5 Å². The van der Waals surface area contributed by atoms with Crippen molar-refractivity contribution in [1.29, 1.82) is 0 Å². The first kappa shape index (κ1) is 20.7. The van der Waals surface area contributed by atoms with Gasteiger partial charge in [-0.3, -0.25) is 0 Å². The second-order valence-corrected chi connectivity index (χ2v) is 9.32. The van der Waals surface area contributed by atoms with Crippen LogP contribution in [-0.4, -0.2) is 31.8 Å². The van der Waals surface area contributed by atoms with Gasteiger partial charge in [0.1, 0.15) is 0 Å². The van der Waals surface area contributed by atoms with Crippen LogP contribution in [0.15, 0.2) is 12.1 Å². The second-order valence-electron chi connectivity index (χ2n) is 7.65. The number of anilines is 1. The van der Waals surface area contributed by atoms with Gasteiger partial charge in [-0.2, -0.15) is 12.7 Å². The Morgan fingerprint density at radius 2 is 1.50 bits per heavy atom. The summed E-state index contributed by atoms with van der Waals surface area (Å²) in [6.45, 7) is 11.2. The first-order chi connectivity index (χ1) is 12.1. The van der Waals surface area contributed by atoms with E-state index in [1.165, 1.54) is 4.31 Å². The monoisotopic (exact) mass is 381 g/mol. The third kappa shape index (κ3) is 4.98. The van der Waals surface area contributed by atoms with E-state index in [9.17, 15) is 13.2 Å². The highest BCUT2D eigenvalue weighted by Gasteiger charge is 2.26. The molecule has 1 aliphatic heterocycles. The van der Waals surface area contributed by atoms with E-state index < -0.39 is 16.2 Å². The minimum atomic E-state index is -3.81. The van der Waals surface area contributed by atoms with Gasteiger partial charge < -0.3 is 5.32 Å². The number of urea groups is 1. The predicted molar refractivity (Wildman–Crippen MR) is 106 cm³/mol. The fourth-order valence-electron chi connectivity index (χ4n) is 3.32. The Balaban J connectivity index is 2.25. The van der Waals surface area contributed by atoms with Gasteiger partial charge in [-0.15, -0.1) is 0 Å². The highest BCUT2D eigenvalue weighted by Crippen LogP contribution is 2.33. The number of amides is 2. The van der Waals surface area contributed by atoms with Crippen LogP contribution < -0.4 is 10.0 Å². The molecular weight excluding hydrogens is 350 g/mol. The summed E-state index contributed by atoms with van der Waals surface area (Å²) in [5.41, 5.74) is 3.87. The van der Waals surface area contributed by atoms with Gasteiger partial charge in [0.15, 0.2) is 0 Å². The van der Waals surface area contributed by atoms with Crippen LogP contribution in [-0.2, 0) is 10.2 Å². The molecule has 6 nitrogen and oxygen atoms in total. The molecule has 0 atom stereocenters. The molecule has 0 aliphatic carbocycles. The molecule has 0 spiro atoms. The Labute approximate surface area is 157 Å². The van der Waals surface area contributed by atoms with Gasteiger partial charge in [-0.1, -0.05) is 51.8 Å². The molecule has 2 amide bonds. The first-order valence-electron chi connectivity index (χ1n) is 9.35. The molecule has 2 rings (SSSR count). The summed E-state index contributed by atoms with van der Waals surface area (Å²) in [7, 11) is -3.81. The minimum Gasteiger partial charge on any atom is -0.307 e. The zero-order chi connectivity index (χ0) is 19.5. The number of carbonyl (C=O) groups excluding carboxylic acids is 1. The van der Waals surface area contributed by atoms with Crippen molar-refractivity contribution in [3.8, 4) is 0 Å². The lowest BCUT2D eigenvalue weighted by Crippen LogP contribution is -2.47. The summed E-state index contributed by atoms with van der Waals surface area (Å²) >= 11 is 0. The van der Waals surface area contributed by atoms with Crippen molar-refractivity contribution in [1.82, 2.24) is 9.03 Å². The zero-order valence-corrected chi connectivity index (χ0v) is 17.2. The molecule has 0 unspecified atom stereocenters. The van der Waals surface area contributed by atoms with Crippen molar-refractivity contribution in [2.24, 2.45) is 0 Å². The minimum absolute atomic E-state index is 0.210. The number of rotatable bonds is 5. The van der Waals surface area contributed by atoms with Gasteiger partial charge in [0.05, 0.1) is 0 Å². The van der Waals surface area contributed by atoms with E-state index in [0.717, 1.165) is 36.0 Å². The molecule has 0 bridgehead atoms. The fourth-order valence-corrected chi connectivity index (χ4v) is 4.48. The molecule has 1 aliphatic rings. The molecule has 1 saturated heterocycles. The Hall–Kier alpha value is -1.60. The van der Waals surface area contributed by atoms with Crippen LogP contribution in [0.3, 0.4) is 0 Å². The topological polar surface area (TPSA) is 78.5 Å². The lowest BCUT2D eigenvalue weighted by Gasteiger charge is -2.26. The third-order valence-electron chi connectivity index (χ3n) is 4.70. The summed E-state index contributed by atoms with van der Waals surface area (Å²) in [5.74, 6) is 0.419. The lowest BCUT2D eigenvalue weighted by molar-refractivity contribution is 0.255. The van der Waals surface area contributed by atoms with Crippen LogP contribution in [0.25, 0.3) is 0 Å². The average Bonchev–Trinajstić information content (AvgIpc) is 2.56. The summed E-state index contributed by atoms with van der Waals surface area (Å²) in [4.78, 5) is 12.5. The molecule has 1 fully saturated rings. The maximum Gasteiger partial charge on any atom is 0.333 e. The Kier molecular flexibility index (Phi) is 6.69. The van der Waals surface area contributed by atoms with Crippen molar-refractivity contribution in [2.75, 3.05) is 18.4 Å².